The number of nitrogens with one attached hydrogen (secondary N) is 1. The number of hydrogen-bond acceptors (Lipinski definition) is 4. The molecule has 1 N–H and O–H groups in total. The van der Waals surface area contributed by atoms with E-state index in [1.54, 1.807) is 12.2 Å². The molecule has 0 unspecified atom stereocenters. The first-order valence-electron chi connectivity index (χ1n) is 5.12. The van der Waals surface area contributed by atoms with E-state index >= 15 is 0 Å². The summed E-state index contributed by atoms with van der Waals surface area (Å²) in [6.45, 7) is 1.83. The van der Waals surface area contributed by atoms with Crippen molar-refractivity contribution in [3.8, 4) is 0 Å². The first-order valence-corrected chi connectivity index (χ1v) is 5.12. The van der Waals surface area contributed by atoms with Gasteiger partial charge in [0.1, 0.15) is 0 Å². The van der Waals surface area contributed by atoms with Crippen LogP contribution in [0.15, 0.2) is 22.2 Å². The van der Waals surface area contributed by atoms with Crippen LogP contribution in [0.5, 0.6) is 0 Å². The van der Waals surface area contributed by atoms with Crippen LogP contribution in [0.3, 0.4) is 0 Å². The molecule has 0 aliphatic rings. The topological polar surface area (TPSA) is 125 Å². The third kappa shape index (κ3) is 3.19. The quantitative estimate of drug-likeness (QED) is 0.215. The molecule has 1 rings (SSSR count). The summed E-state index contributed by atoms with van der Waals surface area (Å²) in [5.74, 6) is 0. The number of aromatic amines is 1. The van der Waals surface area contributed by atoms with E-state index < -0.39 is 16.2 Å². The maximum absolute atomic E-state index is 11.3. The van der Waals surface area contributed by atoms with E-state index in [2.05, 4.69) is 15.0 Å². The summed E-state index contributed by atoms with van der Waals surface area (Å²) in [5, 5.41) is 14.1. The zero-order valence-corrected chi connectivity index (χ0v) is 9.66. The van der Waals surface area contributed by atoms with Gasteiger partial charge in [0.05, 0.1) is 4.92 Å². The minimum absolute atomic E-state index is 0.309. The van der Waals surface area contributed by atoms with Crippen molar-refractivity contribution in [2.45, 2.75) is 13.3 Å². The second-order valence-corrected chi connectivity index (χ2v) is 3.45. The maximum atomic E-state index is 11.3. The molecule has 0 saturated heterocycles. The van der Waals surface area contributed by atoms with Gasteiger partial charge in [0.2, 0.25) is 0 Å². The van der Waals surface area contributed by atoms with Crippen LogP contribution < -0.4 is 5.56 Å². The van der Waals surface area contributed by atoms with Gasteiger partial charge in [-0.2, -0.15) is 0 Å². The Morgan fingerprint density at radius 1 is 1.67 bits per heavy atom. The molecular formula is C10H11N5O3. The fourth-order valence-corrected chi connectivity index (χ4v) is 1.41. The molecule has 8 nitrogen and oxygen atoms in total. The zero-order chi connectivity index (χ0) is 13.5. The summed E-state index contributed by atoms with van der Waals surface area (Å²) in [6, 6.07) is 0. The molecule has 0 radical (unpaired) electrons. The van der Waals surface area contributed by atoms with E-state index in [0.29, 0.717) is 24.1 Å². The van der Waals surface area contributed by atoms with Gasteiger partial charge in [-0.05, 0) is 18.9 Å². The summed E-state index contributed by atoms with van der Waals surface area (Å²) in [7, 11) is 0. The highest BCUT2D eigenvalue weighted by Gasteiger charge is 2.17. The number of azide groups is 1. The van der Waals surface area contributed by atoms with E-state index in [9.17, 15) is 14.9 Å². The lowest BCUT2D eigenvalue weighted by Crippen LogP contribution is -2.13. The van der Waals surface area contributed by atoms with Crippen LogP contribution in [0.25, 0.3) is 16.5 Å². The highest BCUT2D eigenvalue weighted by Crippen LogP contribution is 2.16. The summed E-state index contributed by atoms with van der Waals surface area (Å²) in [4.78, 5) is 26.2. The molecule has 0 aliphatic heterocycles. The number of hydrogen-bond donors (Lipinski definition) is 1. The Morgan fingerprint density at radius 3 is 3.00 bits per heavy atom. The van der Waals surface area contributed by atoms with E-state index in [4.69, 9.17) is 5.53 Å². The molecule has 0 spiro atoms. The van der Waals surface area contributed by atoms with Crippen LogP contribution in [0, 0.1) is 17.0 Å². The summed E-state index contributed by atoms with van der Waals surface area (Å²) >= 11 is 0. The molecule has 1 heterocycles. The first-order chi connectivity index (χ1) is 8.57. The fraction of sp³-hybridized carbons (Fsp3) is 0.300. The van der Waals surface area contributed by atoms with Crippen molar-refractivity contribution in [1.29, 1.82) is 0 Å². The highest BCUT2D eigenvalue weighted by atomic mass is 16.6. The van der Waals surface area contributed by atoms with Crippen molar-refractivity contribution in [2.24, 2.45) is 5.11 Å². The minimum Gasteiger partial charge on any atom is -0.323 e. The summed E-state index contributed by atoms with van der Waals surface area (Å²) < 4.78 is 0. The van der Waals surface area contributed by atoms with Gasteiger partial charge >= 0.3 is 11.2 Å². The second-order valence-electron chi connectivity index (χ2n) is 3.45. The molecule has 0 fully saturated rings. The van der Waals surface area contributed by atoms with Gasteiger partial charge < -0.3 is 4.98 Å². The van der Waals surface area contributed by atoms with Crippen LogP contribution >= 0.6 is 0 Å². The van der Waals surface area contributed by atoms with Crippen molar-refractivity contribution in [3.63, 3.8) is 0 Å². The van der Waals surface area contributed by atoms with Gasteiger partial charge in [0.25, 0.3) is 0 Å². The van der Waals surface area contributed by atoms with Crippen LogP contribution in [0.2, 0.25) is 0 Å². The third-order valence-corrected chi connectivity index (χ3v) is 2.30. The van der Waals surface area contributed by atoms with Gasteiger partial charge in [0, 0.05) is 28.8 Å². The lowest BCUT2D eigenvalue weighted by Gasteiger charge is -2.00. The Morgan fingerprint density at radius 2 is 2.39 bits per heavy atom. The maximum Gasteiger partial charge on any atom is 0.337 e. The van der Waals surface area contributed by atoms with Crippen molar-refractivity contribution < 1.29 is 4.92 Å². The zero-order valence-electron chi connectivity index (χ0n) is 9.66. The Hall–Kier alpha value is -2.60. The van der Waals surface area contributed by atoms with Crippen molar-refractivity contribution >= 4 is 11.8 Å². The van der Waals surface area contributed by atoms with Gasteiger partial charge in [-0.15, -0.1) is 0 Å². The average Bonchev–Trinajstić information content (AvgIpc) is 2.31. The van der Waals surface area contributed by atoms with Crippen molar-refractivity contribution in [3.05, 3.63) is 54.3 Å². The van der Waals surface area contributed by atoms with Gasteiger partial charge in [-0.25, -0.2) is 0 Å². The Balaban J connectivity index is 2.98. The van der Waals surface area contributed by atoms with E-state index in [1.165, 1.54) is 13.1 Å². The molecule has 0 saturated carbocycles. The fourth-order valence-electron chi connectivity index (χ4n) is 1.41. The Kier molecular flexibility index (Phi) is 4.65. The SMILES string of the molecule is Cc1c(C=CCCN=[N+]=[N-])c[nH]c(=O)c1[N+](=O)[O-]. The number of H-pyrrole nitrogens is 1. The predicted molar refractivity (Wildman–Crippen MR) is 66.1 cm³/mol. The number of aromatic nitrogens is 1. The molecule has 94 valence electrons. The predicted octanol–water partition coefficient (Wildman–Crippen LogP) is 2.31. The van der Waals surface area contributed by atoms with Gasteiger partial charge in [0.15, 0.2) is 0 Å². The molecule has 0 amide bonds. The lowest BCUT2D eigenvalue weighted by atomic mass is 10.1. The molecule has 18 heavy (non-hydrogen) atoms. The number of rotatable bonds is 5. The van der Waals surface area contributed by atoms with Crippen LogP contribution in [-0.2, 0) is 0 Å². The molecule has 8 heteroatoms. The smallest absolute Gasteiger partial charge is 0.323 e. The number of pyridine rings is 1. The van der Waals surface area contributed by atoms with E-state index in [-0.39, 0.29) is 0 Å². The number of nitro groups is 1. The normalized spacial score (nSPS) is 10.3. The molecule has 0 aliphatic carbocycles. The Bertz CT molecular complexity index is 584. The highest BCUT2D eigenvalue weighted by molar-refractivity contribution is 5.57. The average molecular weight is 249 g/mol. The summed E-state index contributed by atoms with van der Waals surface area (Å²) in [6.07, 6.45) is 5.30. The van der Waals surface area contributed by atoms with Crippen LogP contribution in [0.1, 0.15) is 17.5 Å². The Labute approximate surface area is 102 Å². The van der Waals surface area contributed by atoms with E-state index in [0.717, 1.165) is 0 Å². The molecule has 0 atom stereocenters. The monoisotopic (exact) mass is 249 g/mol. The van der Waals surface area contributed by atoms with Crippen LogP contribution in [-0.4, -0.2) is 16.5 Å². The van der Waals surface area contributed by atoms with Crippen molar-refractivity contribution in [1.82, 2.24) is 4.98 Å². The molecule has 0 aromatic carbocycles. The molecular weight excluding hydrogens is 238 g/mol. The minimum atomic E-state index is -0.719. The molecule has 1 aromatic rings. The molecule has 0 bridgehead atoms. The lowest BCUT2D eigenvalue weighted by molar-refractivity contribution is -0.386. The number of nitrogens with zero attached hydrogens (tertiary/aromatic N) is 4. The largest absolute Gasteiger partial charge is 0.337 e. The second kappa shape index (κ2) is 6.21. The first kappa shape index (κ1) is 13.5. The van der Waals surface area contributed by atoms with Gasteiger partial charge in [-0.3, -0.25) is 14.9 Å². The van der Waals surface area contributed by atoms with Crippen molar-refractivity contribution in [2.75, 3.05) is 6.54 Å². The van der Waals surface area contributed by atoms with E-state index in [1.807, 2.05) is 0 Å². The standard InChI is InChI=1S/C10H11N5O3/c1-7-8(4-2-3-5-13-14-11)6-12-10(16)9(7)15(17)18/h2,4,6H,3,5H2,1H3,(H,12,16). The molecule has 1 aromatic heterocycles. The summed E-state index contributed by atoms with van der Waals surface area (Å²) in [5.41, 5.74) is 7.77. The third-order valence-electron chi connectivity index (χ3n) is 2.30. The van der Waals surface area contributed by atoms with Crippen LogP contribution in [0.4, 0.5) is 5.69 Å². The van der Waals surface area contributed by atoms with Gasteiger partial charge in [-0.1, -0.05) is 17.3 Å².